The van der Waals surface area contributed by atoms with Crippen LogP contribution in [0.2, 0.25) is 0 Å². The van der Waals surface area contributed by atoms with Gasteiger partial charge in [-0.1, -0.05) is 0 Å². The number of halogens is 2. The van der Waals surface area contributed by atoms with Crippen LogP contribution in [0.1, 0.15) is 43.6 Å². The fraction of sp³-hybridized carbons (Fsp3) is 0.600. The van der Waals surface area contributed by atoms with Gasteiger partial charge in [-0.2, -0.15) is 5.10 Å². The number of anilines is 1. The van der Waals surface area contributed by atoms with Gasteiger partial charge in [0.15, 0.2) is 0 Å². The number of carbonyl (C=O) groups excluding carboxylic acids is 1. The smallest absolute Gasteiger partial charge is 0.260 e. The zero-order chi connectivity index (χ0) is 18.3. The Hall–Kier alpha value is -2.18. The first-order valence-corrected chi connectivity index (χ1v) is 9.93. The van der Waals surface area contributed by atoms with E-state index in [0.717, 1.165) is 24.0 Å². The fourth-order valence-corrected chi connectivity index (χ4v) is 5.05. The fourth-order valence-electron chi connectivity index (χ4n) is 5.05. The van der Waals surface area contributed by atoms with Crippen LogP contribution >= 0.6 is 0 Å². The highest BCUT2D eigenvalue weighted by Crippen LogP contribution is 2.51. The van der Waals surface area contributed by atoms with Crippen LogP contribution in [0.3, 0.4) is 0 Å². The van der Waals surface area contributed by atoms with Gasteiger partial charge in [-0.25, -0.2) is 13.3 Å². The van der Waals surface area contributed by atoms with Gasteiger partial charge >= 0.3 is 0 Å². The summed E-state index contributed by atoms with van der Waals surface area (Å²) < 4.78 is 28.7. The molecule has 0 aromatic carbocycles. The molecule has 0 N–H and O–H groups in total. The second-order valence-electron chi connectivity index (χ2n) is 8.65. The van der Waals surface area contributed by atoms with Crippen molar-refractivity contribution >= 4 is 17.1 Å². The summed E-state index contributed by atoms with van der Waals surface area (Å²) in [5.74, 6) is -3.52. The molecule has 2 bridgehead atoms. The molecule has 4 heterocycles. The molecule has 4 fully saturated rings. The third kappa shape index (κ3) is 2.39. The van der Waals surface area contributed by atoms with Crippen molar-refractivity contribution in [2.24, 2.45) is 5.92 Å². The van der Waals surface area contributed by atoms with Crippen LogP contribution in [0.15, 0.2) is 24.5 Å². The number of fused-ring (bicyclic) bond motifs is 3. The molecule has 1 amide bonds. The molecular weight excluding hydrogens is 350 g/mol. The van der Waals surface area contributed by atoms with Crippen LogP contribution in [0, 0.1) is 5.92 Å². The lowest BCUT2D eigenvalue weighted by Gasteiger charge is -2.42. The Morgan fingerprint density at radius 3 is 2.48 bits per heavy atom. The summed E-state index contributed by atoms with van der Waals surface area (Å²) >= 11 is 0. The Balaban J connectivity index is 1.28. The summed E-state index contributed by atoms with van der Waals surface area (Å²) in [6.45, 7) is 1.42. The summed E-state index contributed by atoms with van der Waals surface area (Å²) in [6, 6.07) is 4.36. The quantitative estimate of drug-likeness (QED) is 0.832. The average molecular weight is 372 g/mol. The molecule has 6 rings (SSSR count). The minimum Gasteiger partial charge on any atom is -0.366 e. The lowest BCUT2D eigenvalue weighted by Crippen LogP contribution is -2.56. The Morgan fingerprint density at radius 1 is 1.15 bits per heavy atom. The number of rotatable bonds is 3. The van der Waals surface area contributed by atoms with Crippen molar-refractivity contribution in [2.75, 3.05) is 18.0 Å². The first-order chi connectivity index (χ1) is 13.0. The van der Waals surface area contributed by atoms with Crippen LogP contribution in [0.25, 0.3) is 5.52 Å². The first-order valence-electron chi connectivity index (χ1n) is 9.93. The summed E-state index contributed by atoms with van der Waals surface area (Å²) in [6.07, 6.45) is 7.99. The van der Waals surface area contributed by atoms with Crippen LogP contribution in [-0.4, -0.2) is 51.5 Å². The third-order valence-corrected chi connectivity index (χ3v) is 6.76. The Kier molecular flexibility index (Phi) is 3.05. The third-order valence-electron chi connectivity index (χ3n) is 6.76. The van der Waals surface area contributed by atoms with Gasteiger partial charge < -0.3 is 9.80 Å². The van der Waals surface area contributed by atoms with Gasteiger partial charge in [0, 0.05) is 44.0 Å². The minimum absolute atomic E-state index is 0.0405. The largest absolute Gasteiger partial charge is 0.366 e. The number of piperazine rings is 1. The minimum atomic E-state index is -2.78. The monoisotopic (exact) mass is 372 g/mol. The predicted octanol–water partition coefficient (Wildman–Crippen LogP) is 3.05. The SMILES string of the molecule is O=C([C@@H]1CC1(F)F)N1C2CCC1CN(c1ccnn3cc(C4CC4)cc13)C2. The van der Waals surface area contributed by atoms with Gasteiger partial charge in [0.05, 0.1) is 11.2 Å². The summed E-state index contributed by atoms with van der Waals surface area (Å²) in [4.78, 5) is 16.7. The molecule has 0 spiro atoms. The van der Waals surface area contributed by atoms with Crippen molar-refractivity contribution in [3.05, 3.63) is 30.1 Å². The molecular formula is C20H22F2N4O. The standard InChI is InChI=1S/C20H22F2N4O/c21-20(22)8-16(20)19(27)26-14-3-4-15(26)11-24(10-14)17-5-6-23-25-9-13(7-18(17)25)12-1-2-12/h5-7,9,12,14-16H,1-4,8,10-11H2/t14?,15?,16-/m0/s1. The molecule has 2 aromatic heterocycles. The molecule has 0 radical (unpaired) electrons. The Labute approximate surface area is 155 Å². The zero-order valence-corrected chi connectivity index (χ0v) is 15.0. The molecule has 2 saturated heterocycles. The summed E-state index contributed by atoms with van der Waals surface area (Å²) in [5.41, 5.74) is 3.59. The van der Waals surface area contributed by atoms with Gasteiger partial charge in [-0.15, -0.1) is 0 Å². The highest BCUT2D eigenvalue weighted by molar-refractivity contribution is 5.84. The summed E-state index contributed by atoms with van der Waals surface area (Å²) in [7, 11) is 0. The zero-order valence-electron chi connectivity index (χ0n) is 15.0. The van der Waals surface area contributed by atoms with E-state index in [1.54, 1.807) is 4.90 Å². The molecule has 5 nitrogen and oxygen atoms in total. The summed E-state index contributed by atoms with van der Waals surface area (Å²) in [5, 5.41) is 4.45. The van der Waals surface area contributed by atoms with Crippen LogP contribution in [0.5, 0.6) is 0 Å². The van der Waals surface area contributed by atoms with Gasteiger partial charge in [0.2, 0.25) is 5.91 Å². The molecule has 4 aliphatic rings. The predicted molar refractivity (Wildman–Crippen MR) is 96.1 cm³/mol. The van der Waals surface area contributed by atoms with E-state index in [0.29, 0.717) is 19.0 Å². The maximum atomic E-state index is 13.4. The van der Waals surface area contributed by atoms with Crippen LogP contribution < -0.4 is 4.90 Å². The second-order valence-corrected chi connectivity index (χ2v) is 8.65. The Bertz CT molecular complexity index is 923. The number of hydrogen-bond acceptors (Lipinski definition) is 3. The van der Waals surface area contributed by atoms with Gasteiger partial charge in [0.1, 0.15) is 5.92 Å². The number of alkyl halides is 2. The van der Waals surface area contributed by atoms with Crippen molar-refractivity contribution in [1.29, 1.82) is 0 Å². The second kappa shape index (κ2) is 5.20. The lowest BCUT2D eigenvalue weighted by atomic mass is 10.1. The van der Waals surface area contributed by atoms with E-state index in [4.69, 9.17) is 0 Å². The Morgan fingerprint density at radius 2 is 1.85 bits per heavy atom. The number of amides is 1. The molecule has 2 unspecified atom stereocenters. The van der Waals surface area contributed by atoms with Crippen molar-refractivity contribution in [3.63, 3.8) is 0 Å². The number of aromatic nitrogens is 2. The van der Waals surface area contributed by atoms with E-state index in [1.165, 1.54) is 18.4 Å². The van der Waals surface area contributed by atoms with Crippen molar-refractivity contribution in [2.45, 2.75) is 56.0 Å². The average Bonchev–Trinajstić information content (AvgIpc) is 3.53. The van der Waals surface area contributed by atoms with Gasteiger partial charge in [-0.05, 0) is 49.3 Å². The molecule has 2 saturated carbocycles. The number of hydrogen-bond donors (Lipinski definition) is 0. The molecule has 3 atom stereocenters. The normalized spacial score (nSPS) is 31.6. The van der Waals surface area contributed by atoms with Crippen molar-refractivity contribution in [1.82, 2.24) is 14.5 Å². The number of carbonyl (C=O) groups is 1. The topological polar surface area (TPSA) is 40.9 Å². The van der Waals surface area contributed by atoms with Gasteiger partial charge in [-0.3, -0.25) is 4.79 Å². The van der Waals surface area contributed by atoms with E-state index in [-0.39, 0.29) is 24.4 Å². The molecule has 2 aliphatic heterocycles. The van der Waals surface area contributed by atoms with E-state index >= 15 is 0 Å². The highest BCUT2D eigenvalue weighted by atomic mass is 19.3. The van der Waals surface area contributed by atoms with Crippen LogP contribution in [0.4, 0.5) is 14.5 Å². The number of nitrogens with zero attached hydrogens (tertiary/aromatic N) is 4. The van der Waals surface area contributed by atoms with E-state index in [1.807, 2.05) is 16.8 Å². The van der Waals surface area contributed by atoms with E-state index in [2.05, 4.69) is 22.3 Å². The van der Waals surface area contributed by atoms with E-state index in [9.17, 15) is 13.6 Å². The van der Waals surface area contributed by atoms with E-state index < -0.39 is 11.8 Å². The van der Waals surface area contributed by atoms with Crippen molar-refractivity contribution in [3.8, 4) is 0 Å². The molecule has 27 heavy (non-hydrogen) atoms. The van der Waals surface area contributed by atoms with Crippen LogP contribution in [-0.2, 0) is 4.79 Å². The molecule has 2 aromatic rings. The molecule has 142 valence electrons. The first kappa shape index (κ1) is 15.8. The highest BCUT2D eigenvalue weighted by Gasteiger charge is 2.64. The lowest BCUT2D eigenvalue weighted by molar-refractivity contribution is -0.138. The van der Waals surface area contributed by atoms with Gasteiger partial charge in [0.25, 0.3) is 5.92 Å². The molecule has 7 heteroatoms. The molecule has 2 aliphatic carbocycles. The maximum absolute atomic E-state index is 13.4. The maximum Gasteiger partial charge on any atom is 0.260 e. The van der Waals surface area contributed by atoms with Crippen molar-refractivity contribution < 1.29 is 13.6 Å².